The summed E-state index contributed by atoms with van der Waals surface area (Å²) >= 11 is 2.12. The number of methoxy groups -OCH3 is 1. The third-order valence-corrected chi connectivity index (χ3v) is 2.58. The summed E-state index contributed by atoms with van der Waals surface area (Å²) in [5.41, 5.74) is -0.185. The summed E-state index contributed by atoms with van der Waals surface area (Å²) in [5.74, 6) is 0.731. The van der Waals surface area contributed by atoms with Gasteiger partial charge in [-0.05, 0) is 29.5 Å². The fraction of sp³-hybridized carbons (Fsp3) is 0.500. The Morgan fingerprint density at radius 3 is 2.92 bits per heavy atom. The van der Waals surface area contributed by atoms with Crippen molar-refractivity contribution in [2.75, 3.05) is 13.7 Å². The minimum Gasteiger partial charge on any atom is -0.383 e. The molecular formula is C8H11IN2O2. The maximum Gasteiger partial charge on any atom is 0.273 e. The van der Waals surface area contributed by atoms with Gasteiger partial charge in [0.05, 0.1) is 10.3 Å². The molecule has 4 nitrogen and oxygen atoms in total. The van der Waals surface area contributed by atoms with Crippen molar-refractivity contribution in [1.29, 1.82) is 0 Å². The molecule has 0 atom stereocenters. The fourth-order valence-electron chi connectivity index (χ4n) is 1.04. The van der Waals surface area contributed by atoms with Crippen molar-refractivity contribution < 1.29 is 4.74 Å². The van der Waals surface area contributed by atoms with Gasteiger partial charge in [-0.2, -0.15) is 4.98 Å². The second-order valence-electron chi connectivity index (χ2n) is 2.61. The number of hydrogen-bond acceptors (Lipinski definition) is 3. The van der Waals surface area contributed by atoms with E-state index in [1.807, 2.05) is 11.5 Å². The van der Waals surface area contributed by atoms with Crippen LogP contribution in [0.2, 0.25) is 0 Å². The number of nitrogens with zero attached hydrogens (tertiary/aromatic N) is 2. The number of hydrogen-bond donors (Lipinski definition) is 0. The summed E-state index contributed by atoms with van der Waals surface area (Å²) in [6, 6.07) is 1.52. The summed E-state index contributed by atoms with van der Waals surface area (Å²) < 4.78 is 7.80. The molecule has 0 unspecified atom stereocenters. The molecule has 0 radical (unpaired) electrons. The lowest BCUT2D eigenvalue weighted by molar-refractivity contribution is 0.185. The summed E-state index contributed by atoms with van der Waals surface area (Å²) in [7, 11) is 1.65. The Labute approximate surface area is 90.1 Å². The Hall–Kier alpha value is -0.430. The second-order valence-corrected chi connectivity index (χ2v) is 3.71. The van der Waals surface area contributed by atoms with E-state index >= 15 is 0 Å². The van der Waals surface area contributed by atoms with Crippen molar-refractivity contribution in [3.63, 3.8) is 0 Å². The Morgan fingerprint density at radius 1 is 1.69 bits per heavy atom. The maximum absolute atomic E-state index is 11.0. The van der Waals surface area contributed by atoms with Gasteiger partial charge in [-0.25, -0.2) is 0 Å². The Kier molecular flexibility index (Phi) is 3.86. The molecule has 0 bridgehead atoms. The number of aromatic nitrogens is 2. The summed E-state index contributed by atoms with van der Waals surface area (Å²) in [6.45, 7) is 3.18. The molecule has 0 amide bonds. The SMILES string of the molecule is COCCn1c(I)cc(=O)nc1C. The lowest BCUT2D eigenvalue weighted by Crippen LogP contribution is -2.19. The lowest BCUT2D eigenvalue weighted by atomic mass is 10.5. The lowest BCUT2D eigenvalue weighted by Gasteiger charge is -2.10. The van der Waals surface area contributed by atoms with Gasteiger partial charge in [-0.1, -0.05) is 0 Å². The number of halogens is 1. The van der Waals surface area contributed by atoms with Gasteiger partial charge in [-0.15, -0.1) is 0 Å². The minimum absolute atomic E-state index is 0.185. The molecule has 0 saturated heterocycles. The highest BCUT2D eigenvalue weighted by Crippen LogP contribution is 2.03. The fourth-order valence-corrected chi connectivity index (χ4v) is 1.89. The normalized spacial score (nSPS) is 10.4. The number of rotatable bonds is 3. The molecule has 1 rings (SSSR count). The standard InChI is InChI=1S/C8H11IN2O2/c1-6-10-8(12)5-7(9)11(6)3-4-13-2/h5H,3-4H2,1-2H3. The molecule has 0 aliphatic carbocycles. The van der Waals surface area contributed by atoms with Crippen LogP contribution in [-0.4, -0.2) is 23.3 Å². The summed E-state index contributed by atoms with van der Waals surface area (Å²) in [4.78, 5) is 14.8. The third kappa shape index (κ3) is 2.77. The van der Waals surface area contributed by atoms with Crippen molar-refractivity contribution in [3.05, 3.63) is 25.9 Å². The molecule has 0 fully saturated rings. The van der Waals surface area contributed by atoms with E-state index in [1.54, 1.807) is 7.11 Å². The van der Waals surface area contributed by atoms with E-state index in [1.165, 1.54) is 6.07 Å². The van der Waals surface area contributed by atoms with Gasteiger partial charge in [0, 0.05) is 19.7 Å². The van der Waals surface area contributed by atoms with E-state index in [2.05, 4.69) is 27.6 Å². The first-order valence-corrected chi connectivity index (χ1v) is 4.96. The predicted molar refractivity (Wildman–Crippen MR) is 57.8 cm³/mol. The van der Waals surface area contributed by atoms with Crippen LogP contribution >= 0.6 is 22.6 Å². The molecular weight excluding hydrogens is 283 g/mol. The topological polar surface area (TPSA) is 44.1 Å². The van der Waals surface area contributed by atoms with Crippen molar-refractivity contribution in [2.24, 2.45) is 0 Å². The first-order chi connectivity index (χ1) is 6.15. The van der Waals surface area contributed by atoms with Crippen LogP contribution in [0.15, 0.2) is 10.9 Å². The van der Waals surface area contributed by atoms with Gasteiger partial charge < -0.3 is 9.30 Å². The average molecular weight is 294 g/mol. The maximum atomic E-state index is 11.0. The molecule has 1 aromatic heterocycles. The largest absolute Gasteiger partial charge is 0.383 e. The summed E-state index contributed by atoms with van der Waals surface area (Å²) in [6.07, 6.45) is 0. The quantitative estimate of drug-likeness (QED) is 0.612. The first-order valence-electron chi connectivity index (χ1n) is 3.88. The van der Waals surface area contributed by atoms with E-state index in [-0.39, 0.29) is 5.56 Å². The van der Waals surface area contributed by atoms with Gasteiger partial charge in [0.1, 0.15) is 5.82 Å². The van der Waals surface area contributed by atoms with Crippen LogP contribution in [0.5, 0.6) is 0 Å². The minimum atomic E-state index is -0.185. The molecule has 72 valence electrons. The number of aryl methyl sites for hydroxylation is 1. The van der Waals surface area contributed by atoms with Crippen LogP contribution in [0.3, 0.4) is 0 Å². The van der Waals surface area contributed by atoms with E-state index in [0.717, 1.165) is 16.1 Å². The van der Waals surface area contributed by atoms with E-state index in [9.17, 15) is 4.79 Å². The summed E-state index contributed by atoms with van der Waals surface area (Å²) in [5, 5.41) is 0. The number of ether oxygens (including phenoxy) is 1. The molecule has 1 heterocycles. The smallest absolute Gasteiger partial charge is 0.273 e. The van der Waals surface area contributed by atoms with Crippen molar-refractivity contribution in [1.82, 2.24) is 9.55 Å². The molecule has 0 aliphatic heterocycles. The zero-order valence-corrected chi connectivity index (χ0v) is 9.74. The highest BCUT2D eigenvalue weighted by Gasteiger charge is 2.02. The Bertz CT molecular complexity index is 322. The Balaban J connectivity index is 2.99. The zero-order chi connectivity index (χ0) is 9.84. The molecule has 5 heteroatoms. The van der Waals surface area contributed by atoms with Crippen LogP contribution in [0, 0.1) is 10.6 Å². The second kappa shape index (κ2) is 4.71. The molecule has 0 spiro atoms. The monoisotopic (exact) mass is 294 g/mol. The van der Waals surface area contributed by atoms with Crippen molar-refractivity contribution in [3.8, 4) is 0 Å². The van der Waals surface area contributed by atoms with Gasteiger partial charge in [-0.3, -0.25) is 4.79 Å². The van der Waals surface area contributed by atoms with Crippen LogP contribution in [0.25, 0.3) is 0 Å². The highest BCUT2D eigenvalue weighted by atomic mass is 127. The molecule has 1 aromatic rings. The molecule has 0 saturated carbocycles. The van der Waals surface area contributed by atoms with Crippen LogP contribution in [0.1, 0.15) is 5.82 Å². The molecule has 0 aromatic carbocycles. The van der Waals surface area contributed by atoms with E-state index < -0.39 is 0 Å². The van der Waals surface area contributed by atoms with Gasteiger partial charge in [0.25, 0.3) is 5.56 Å². The average Bonchev–Trinajstić information content (AvgIpc) is 2.02. The predicted octanol–water partition coefficient (Wildman–Crippen LogP) is 0.803. The third-order valence-electron chi connectivity index (χ3n) is 1.68. The van der Waals surface area contributed by atoms with Crippen LogP contribution < -0.4 is 5.56 Å². The van der Waals surface area contributed by atoms with Crippen LogP contribution in [0.4, 0.5) is 0 Å². The van der Waals surface area contributed by atoms with Crippen LogP contribution in [-0.2, 0) is 11.3 Å². The van der Waals surface area contributed by atoms with Gasteiger partial charge in [0.15, 0.2) is 0 Å². The molecule has 0 N–H and O–H groups in total. The van der Waals surface area contributed by atoms with Gasteiger partial charge in [0.2, 0.25) is 0 Å². The van der Waals surface area contributed by atoms with Gasteiger partial charge >= 0.3 is 0 Å². The first kappa shape index (κ1) is 10.6. The zero-order valence-electron chi connectivity index (χ0n) is 7.58. The van der Waals surface area contributed by atoms with E-state index in [4.69, 9.17) is 4.74 Å². The van der Waals surface area contributed by atoms with E-state index in [0.29, 0.717) is 6.61 Å². The van der Waals surface area contributed by atoms with Crippen molar-refractivity contribution >= 4 is 22.6 Å². The Morgan fingerprint density at radius 2 is 2.38 bits per heavy atom. The molecule has 0 aliphatic rings. The van der Waals surface area contributed by atoms with Crippen molar-refractivity contribution in [2.45, 2.75) is 13.5 Å². The molecule has 13 heavy (non-hydrogen) atoms. The highest BCUT2D eigenvalue weighted by molar-refractivity contribution is 14.1.